The zero-order valence-electron chi connectivity index (χ0n) is 13.4. The van der Waals surface area contributed by atoms with Crippen LogP contribution in [0.5, 0.6) is 0 Å². The van der Waals surface area contributed by atoms with Crippen molar-refractivity contribution in [1.82, 2.24) is 15.2 Å². The Balaban J connectivity index is 1.46. The van der Waals surface area contributed by atoms with E-state index in [-0.39, 0.29) is 18.4 Å². The summed E-state index contributed by atoms with van der Waals surface area (Å²) in [6.07, 6.45) is 3.11. The predicted octanol–water partition coefficient (Wildman–Crippen LogP) is 1.16. The van der Waals surface area contributed by atoms with Gasteiger partial charge in [0.1, 0.15) is 0 Å². The highest BCUT2D eigenvalue weighted by atomic mass is 16.2. The van der Waals surface area contributed by atoms with Crippen LogP contribution in [0.4, 0.5) is 5.69 Å². The number of hydrogen-bond acceptors (Lipinski definition) is 4. The van der Waals surface area contributed by atoms with Crippen LogP contribution in [-0.4, -0.2) is 54.4 Å². The molecule has 1 aliphatic rings. The van der Waals surface area contributed by atoms with E-state index in [9.17, 15) is 9.59 Å². The lowest BCUT2D eigenvalue weighted by Gasteiger charge is -2.36. The molecule has 0 atom stereocenters. The third-order valence-corrected chi connectivity index (χ3v) is 4.10. The molecular formula is C18H20N4O2. The molecule has 3 rings (SSSR count). The monoisotopic (exact) mass is 324 g/mol. The van der Waals surface area contributed by atoms with Gasteiger partial charge in [0.15, 0.2) is 0 Å². The van der Waals surface area contributed by atoms with E-state index in [1.54, 1.807) is 29.4 Å². The van der Waals surface area contributed by atoms with Crippen molar-refractivity contribution in [2.24, 2.45) is 0 Å². The fourth-order valence-corrected chi connectivity index (χ4v) is 2.73. The maximum Gasteiger partial charge on any atom is 0.251 e. The molecule has 124 valence electrons. The van der Waals surface area contributed by atoms with Gasteiger partial charge in [0.05, 0.1) is 6.54 Å². The van der Waals surface area contributed by atoms with Crippen molar-refractivity contribution in [2.75, 3.05) is 37.6 Å². The summed E-state index contributed by atoms with van der Waals surface area (Å²) in [5.74, 6) is -0.307. The van der Waals surface area contributed by atoms with Crippen molar-refractivity contribution in [2.45, 2.75) is 0 Å². The summed E-state index contributed by atoms with van der Waals surface area (Å²) in [6.45, 7) is 2.95. The van der Waals surface area contributed by atoms with Crippen molar-refractivity contribution in [3.8, 4) is 0 Å². The summed E-state index contributed by atoms with van der Waals surface area (Å²) in [4.78, 5) is 32.1. The fourth-order valence-electron chi connectivity index (χ4n) is 2.73. The Morgan fingerprint density at radius 2 is 1.62 bits per heavy atom. The van der Waals surface area contributed by atoms with E-state index in [0.29, 0.717) is 18.7 Å². The minimum Gasteiger partial charge on any atom is -0.368 e. The van der Waals surface area contributed by atoms with Crippen LogP contribution in [0.25, 0.3) is 0 Å². The first-order chi connectivity index (χ1) is 11.7. The highest BCUT2D eigenvalue weighted by Gasteiger charge is 2.21. The molecule has 2 amide bonds. The summed E-state index contributed by atoms with van der Waals surface area (Å²) in [5.41, 5.74) is 1.68. The summed E-state index contributed by atoms with van der Waals surface area (Å²) in [6, 6.07) is 13.4. The van der Waals surface area contributed by atoms with Crippen molar-refractivity contribution in [3.63, 3.8) is 0 Å². The number of nitrogens with one attached hydrogen (secondary N) is 1. The van der Waals surface area contributed by atoms with Crippen LogP contribution in [-0.2, 0) is 4.79 Å². The minimum atomic E-state index is -0.256. The Bertz CT molecular complexity index is 683. The van der Waals surface area contributed by atoms with Crippen LogP contribution in [0.1, 0.15) is 10.4 Å². The van der Waals surface area contributed by atoms with E-state index >= 15 is 0 Å². The van der Waals surface area contributed by atoms with Gasteiger partial charge in [-0.1, -0.05) is 18.2 Å². The van der Waals surface area contributed by atoms with Gasteiger partial charge in [-0.2, -0.15) is 0 Å². The molecule has 6 nitrogen and oxygen atoms in total. The van der Waals surface area contributed by atoms with Gasteiger partial charge in [-0.3, -0.25) is 14.6 Å². The third kappa shape index (κ3) is 3.90. The zero-order valence-corrected chi connectivity index (χ0v) is 13.4. The topological polar surface area (TPSA) is 65.5 Å². The number of carbonyl (C=O) groups is 2. The standard InChI is InChI=1S/C18H20N4O2/c23-17(14-20-18(24)15-6-8-19-9-7-15)22-12-10-21(11-13-22)16-4-2-1-3-5-16/h1-9H,10-14H2,(H,20,24). The molecule has 24 heavy (non-hydrogen) atoms. The summed E-state index contributed by atoms with van der Waals surface area (Å²) >= 11 is 0. The number of pyridine rings is 1. The number of piperazine rings is 1. The van der Waals surface area contributed by atoms with Gasteiger partial charge >= 0.3 is 0 Å². The second-order valence-corrected chi connectivity index (χ2v) is 5.62. The van der Waals surface area contributed by atoms with E-state index in [4.69, 9.17) is 0 Å². The van der Waals surface area contributed by atoms with Crippen LogP contribution in [0.3, 0.4) is 0 Å². The van der Waals surface area contributed by atoms with Crippen LogP contribution < -0.4 is 10.2 Å². The minimum absolute atomic E-state index is 0.0203. The molecule has 6 heteroatoms. The lowest BCUT2D eigenvalue weighted by atomic mass is 10.2. The molecule has 0 saturated carbocycles. The molecule has 1 saturated heterocycles. The van der Waals surface area contributed by atoms with Gasteiger partial charge in [0.25, 0.3) is 5.91 Å². The lowest BCUT2D eigenvalue weighted by molar-refractivity contribution is -0.130. The third-order valence-electron chi connectivity index (χ3n) is 4.10. The Labute approximate surface area is 141 Å². The van der Waals surface area contributed by atoms with Crippen molar-refractivity contribution >= 4 is 17.5 Å². The van der Waals surface area contributed by atoms with E-state index in [1.165, 1.54) is 5.69 Å². The van der Waals surface area contributed by atoms with Gasteiger partial charge < -0.3 is 15.1 Å². The molecule has 0 unspecified atom stereocenters. The molecular weight excluding hydrogens is 304 g/mol. The number of hydrogen-bond donors (Lipinski definition) is 1. The predicted molar refractivity (Wildman–Crippen MR) is 91.8 cm³/mol. The Kier molecular flexibility index (Phi) is 5.05. The van der Waals surface area contributed by atoms with E-state index in [1.807, 2.05) is 18.2 Å². The molecule has 1 aromatic heterocycles. The molecule has 2 aromatic rings. The van der Waals surface area contributed by atoms with Gasteiger partial charge in [-0.05, 0) is 24.3 Å². The average molecular weight is 324 g/mol. The highest BCUT2D eigenvalue weighted by molar-refractivity contribution is 5.96. The number of benzene rings is 1. The Hall–Kier alpha value is -2.89. The Morgan fingerprint density at radius 3 is 2.29 bits per heavy atom. The molecule has 0 spiro atoms. The van der Waals surface area contributed by atoms with Gasteiger partial charge in [0.2, 0.25) is 5.91 Å². The first-order valence-corrected chi connectivity index (χ1v) is 8.00. The summed E-state index contributed by atoms with van der Waals surface area (Å²) < 4.78 is 0. The van der Waals surface area contributed by atoms with Crippen LogP contribution in [0.2, 0.25) is 0 Å². The van der Waals surface area contributed by atoms with E-state index in [2.05, 4.69) is 27.3 Å². The van der Waals surface area contributed by atoms with Gasteiger partial charge in [-0.15, -0.1) is 0 Å². The number of carbonyl (C=O) groups excluding carboxylic acids is 2. The van der Waals surface area contributed by atoms with Gasteiger partial charge in [0, 0.05) is 49.8 Å². The first kappa shape index (κ1) is 16.0. The van der Waals surface area contributed by atoms with Crippen molar-refractivity contribution in [1.29, 1.82) is 0 Å². The molecule has 1 aromatic carbocycles. The Morgan fingerprint density at radius 1 is 0.958 bits per heavy atom. The second-order valence-electron chi connectivity index (χ2n) is 5.62. The fraction of sp³-hybridized carbons (Fsp3) is 0.278. The number of nitrogens with zero attached hydrogens (tertiary/aromatic N) is 3. The molecule has 0 radical (unpaired) electrons. The number of rotatable bonds is 4. The SMILES string of the molecule is O=C(NCC(=O)N1CCN(c2ccccc2)CC1)c1ccncc1. The maximum absolute atomic E-state index is 12.3. The van der Waals surface area contributed by atoms with E-state index in [0.717, 1.165) is 13.1 Å². The lowest BCUT2D eigenvalue weighted by Crippen LogP contribution is -2.51. The van der Waals surface area contributed by atoms with Gasteiger partial charge in [-0.25, -0.2) is 0 Å². The average Bonchev–Trinajstić information content (AvgIpc) is 2.67. The molecule has 1 N–H and O–H groups in total. The zero-order chi connectivity index (χ0) is 16.8. The number of aromatic nitrogens is 1. The normalized spacial score (nSPS) is 14.3. The van der Waals surface area contributed by atoms with Crippen molar-refractivity contribution < 1.29 is 9.59 Å². The first-order valence-electron chi connectivity index (χ1n) is 8.00. The number of para-hydroxylation sites is 1. The van der Waals surface area contributed by atoms with Crippen LogP contribution in [0.15, 0.2) is 54.9 Å². The number of anilines is 1. The quantitative estimate of drug-likeness (QED) is 0.916. The smallest absolute Gasteiger partial charge is 0.251 e. The molecule has 0 bridgehead atoms. The molecule has 1 aliphatic heterocycles. The summed E-state index contributed by atoms with van der Waals surface area (Å²) in [5, 5.41) is 2.67. The molecule has 1 fully saturated rings. The maximum atomic E-state index is 12.3. The molecule has 0 aliphatic carbocycles. The summed E-state index contributed by atoms with van der Waals surface area (Å²) in [7, 11) is 0. The van der Waals surface area contributed by atoms with Crippen LogP contribution in [0, 0.1) is 0 Å². The molecule has 2 heterocycles. The number of amides is 2. The van der Waals surface area contributed by atoms with Crippen LogP contribution >= 0.6 is 0 Å². The largest absolute Gasteiger partial charge is 0.368 e. The highest BCUT2D eigenvalue weighted by Crippen LogP contribution is 2.15. The second kappa shape index (κ2) is 7.59. The van der Waals surface area contributed by atoms with E-state index < -0.39 is 0 Å². The van der Waals surface area contributed by atoms with Crippen molar-refractivity contribution in [3.05, 3.63) is 60.4 Å².